The molecule has 2 N–H and O–H groups in total. The number of fused-ring (bicyclic) bond motifs is 2. The second-order valence-electron chi connectivity index (χ2n) is 7.65. The van der Waals surface area contributed by atoms with Crippen LogP contribution in [0.1, 0.15) is 19.5 Å². The van der Waals surface area contributed by atoms with Crippen molar-refractivity contribution in [3.8, 4) is 22.9 Å². The minimum Gasteiger partial charge on any atom is -0.493 e. The summed E-state index contributed by atoms with van der Waals surface area (Å²) < 4.78 is 12.5. The van der Waals surface area contributed by atoms with Crippen LogP contribution in [0.2, 0.25) is 0 Å². The number of nitrogens with zero attached hydrogens (tertiary/aromatic N) is 5. The van der Waals surface area contributed by atoms with E-state index in [9.17, 15) is 4.79 Å². The molecule has 5 aromatic rings. The molecule has 0 aliphatic rings. The van der Waals surface area contributed by atoms with Crippen LogP contribution < -0.4 is 15.0 Å². The van der Waals surface area contributed by atoms with E-state index in [2.05, 4.69) is 25.0 Å². The van der Waals surface area contributed by atoms with Crippen LogP contribution >= 0.6 is 0 Å². The first-order chi connectivity index (χ1) is 16.5. The van der Waals surface area contributed by atoms with Crippen molar-refractivity contribution in [2.75, 3.05) is 14.2 Å². The fraction of sp³-hybridized carbons (Fsp3) is 0.208. The highest BCUT2D eigenvalue weighted by Gasteiger charge is 2.21. The zero-order chi connectivity index (χ0) is 23.8. The zero-order valence-corrected chi connectivity index (χ0v) is 19.2. The van der Waals surface area contributed by atoms with Crippen LogP contribution in [-0.4, -0.2) is 49.6 Å². The number of benzene rings is 1. The highest BCUT2D eigenvalue weighted by molar-refractivity contribution is 6.03. The van der Waals surface area contributed by atoms with Gasteiger partial charge in [0.15, 0.2) is 11.5 Å². The molecule has 10 nitrogen and oxygen atoms in total. The summed E-state index contributed by atoms with van der Waals surface area (Å²) in [5.74, 6) is 1.47. The number of aromatic nitrogens is 6. The molecule has 0 saturated heterocycles. The van der Waals surface area contributed by atoms with Gasteiger partial charge in [0.05, 0.1) is 42.2 Å². The Bertz CT molecular complexity index is 1560. The van der Waals surface area contributed by atoms with Crippen molar-refractivity contribution in [2.45, 2.75) is 20.4 Å². The van der Waals surface area contributed by atoms with Gasteiger partial charge >= 0.3 is 0 Å². The fourth-order valence-electron chi connectivity index (χ4n) is 3.85. The molecule has 4 aromatic heterocycles. The van der Waals surface area contributed by atoms with Crippen LogP contribution in [0.4, 0.5) is 5.69 Å². The number of rotatable bonds is 6. The van der Waals surface area contributed by atoms with E-state index in [0.29, 0.717) is 68.6 Å². The number of aryl methyl sites for hydroxylation is 1. The number of imidazole rings is 1. The van der Waals surface area contributed by atoms with Crippen LogP contribution in [0.15, 0.2) is 52.5 Å². The highest BCUT2D eigenvalue weighted by atomic mass is 16.5. The molecule has 1 aromatic carbocycles. The predicted octanol–water partition coefficient (Wildman–Crippen LogP) is 3.84. The zero-order valence-electron chi connectivity index (χ0n) is 19.2. The van der Waals surface area contributed by atoms with E-state index < -0.39 is 0 Å². The molecule has 10 heteroatoms. The SMILES string of the molecule is CCn1cc2[nH]c(=O)c(-c3nc4cc(OC)c(OC)cc4[nH]3)c(N=C(C)c3ccccn3)c2n1. The number of H-pyrrole nitrogens is 2. The molecular formula is C24H23N7O3. The minimum absolute atomic E-state index is 0.290. The smallest absolute Gasteiger partial charge is 0.261 e. The van der Waals surface area contributed by atoms with Gasteiger partial charge in [-0.25, -0.2) is 9.98 Å². The Kier molecular flexibility index (Phi) is 5.33. The van der Waals surface area contributed by atoms with Gasteiger partial charge in [0.1, 0.15) is 22.6 Å². The van der Waals surface area contributed by atoms with Gasteiger partial charge in [0, 0.05) is 31.1 Å². The Morgan fingerprint density at radius 3 is 2.62 bits per heavy atom. The van der Waals surface area contributed by atoms with E-state index in [1.165, 1.54) is 0 Å². The van der Waals surface area contributed by atoms with Crippen molar-refractivity contribution in [1.82, 2.24) is 29.7 Å². The molecule has 0 spiro atoms. The number of aromatic amines is 2. The van der Waals surface area contributed by atoms with Gasteiger partial charge in [-0.1, -0.05) is 6.07 Å². The van der Waals surface area contributed by atoms with Crippen molar-refractivity contribution in [3.63, 3.8) is 0 Å². The lowest BCUT2D eigenvalue weighted by Crippen LogP contribution is -2.10. The first-order valence-electron chi connectivity index (χ1n) is 10.7. The Hall–Kier alpha value is -4.47. The Labute approximate surface area is 194 Å². The molecule has 0 aliphatic heterocycles. The topological polar surface area (TPSA) is 123 Å². The molecule has 34 heavy (non-hydrogen) atoms. The van der Waals surface area contributed by atoms with Crippen molar-refractivity contribution in [2.24, 2.45) is 4.99 Å². The summed E-state index contributed by atoms with van der Waals surface area (Å²) in [6, 6.07) is 9.14. The maximum atomic E-state index is 13.3. The number of pyridine rings is 2. The number of nitrogens with one attached hydrogen (secondary N) is 2. The number of aliphatic imine (C=N–C) groups is 1. The summed E-state index contributed by atoms with van der Waals surface area (Å²) in [5.41, 5.74) is 4.24. The Balaban J connectivity index is 1.79. The van der Waals surface area contributed by atoms with Crippen molar-refractivity contribution in [1.29, 1.82) is 0 Å². The number of methoxy groups -OCH3 is 2. The summed E-state index contributed by atoms with van der Waals surface area (Å²) in [5, 5.41) is 4.65. The largest absolute Gasteiger partial charge is 0.493 e. The summed E-state index contributed by atoms with van der Waals surface area (Å²) in [6.45, 7) is 4.48. The lowest BCUT2D eigenvalue weighted by molar-refractivity contribution is 0.356. The fourth-order valence-corrected chi connectivity index (χ4v) is 3.85. The molecule has 5 rings (SSSR count). The summed E-state index contributed by atoms with van der Waals surface area (Å²) >= 11 is 0. The minimum atomic E-state index is -0.325. The van der Waals surface area contributed by atoms with E-state index in [-0.39, 0.29) is 5.56 Å². The van der Waals surface area contributed by atoms with Crippen molar-refractivity contribution < 1.29 is 9.47 Å². The Morgan fingerprint density at radius 2 is 1.91 bits per heavy atom. The molecular weight excluding hydrogens is 434 g/mol. The average Bonchev–Trinajstić information content (AvgIpc) is 3.46. The molecule has 0 unspecified atom stereocenters. The number of hydrogen-bond donors (Lipinski definition) is 2. The van der Waals surface area contributed by atoms with Gasteiger partial charge in [0.25, 0.3) is 5.56 Å². The molecule has 172 valence electrons. The van der Waals surface area contributed by atoms with Gasteiger partial charge in [-0.3, -0.25) is 14.5 Å². The van der Waals surface area contributed by atoms with E-state index in [1.807, 2.05) is 32.0 Å². The monoisotopic (exact) mass is 457 g/mol. The first kappa shape index (κ1) is 21.4. The third-order valence-corrected chi connectivity index (χ3v) is 5.56. The summed E-state index contributed by atoms with van der Waals surface area (Å²) in [7, 11) is 3.13. The molecule has 0 aliphatic carbocycles. The van der Waals surface area contributed by atoms with Crippen LogP contribution in [0.5, 0.6) is 11.5 Å². The van der Waals surface area contributed by atoms with Crippen LogP contribution in [0.25, 0.3) is 33.5 Å². The number of ether oxygens (including phenoxy) is 2. The van der Waals surface area contributed by atoms with Gasteiger partial charge < -0.3 is 19.4 Å². The predicted molar refractivity (Wildman–Crippen MR) is 130 cm³/mol. The van der Waals surface area contributed by atoms with E-state index in [4.69, 9.17) is 14.5 Å². The second kappa shape index (κ2) is 8.47. The summed E-state index contributed by atoms with van der Waals surface area (Å²) in [4.78, 5) is 33.3. The van der Waals surface area contributed by atoms with Crippen molar-refractivity contribution >= 4 is 33.5 Å². The van der Waals surface area contributed by atoms with Crippen molar-refractivity contribution in [3.05, 3.63) is 58.8 Å². The lowest BCUT2D eigenvalue weighted by atomic mass is 10.1. The highest BCUT2D eigenvalue weighted by Crippen LogP contribution is 2.36. The molecule has 4 heterocycles. The van der Waals surface area contributed by atoms with Gasteiger partial charge in [0.2, 0.25) is 0 Å². The third kappa shape index (κ3) is 3.58. The molecule has 0 saturated carbocycles. The summed E-state index contributed by atoms with van der Waals surface area (Å²) in [6.07, 6.45) is 3.50. The van der Waals surface area contributed by atoms with E-state index in [0.717, 1.165) is 0 Å². The maximum Gasteiger partial charge on any atom is 0.261 e. The third-order valence-electron chi connectivity index (χ3n) is 5.56. The van der Waals surface area contributed by atoms with Crippen LogP contribution in [0.3, 0.4) is 0 Å². The van der Waals surface area contributed by atoms with E-state index in [1.54, 1.807) is 43.4 Å². The number of hydrogen-bond acceptors (Lipinski definition) is 7. The normalized spacial score (nSPS) is 11.9. The molecule has 0 radical (unpaired) electrons. The van der Waals surface area contributed by atoms with E-state index >= 15 is 0 Å². The lowest BCUT2D eigenvalue weighted by Gasteiger charge is -2.06. The molecule has 0 bridgehead atoms. The van der Waals surface area contributed by atoms with Gasteiger partial charge in [-0.2, -0.15) is 5.10 Å². The molecule has 0 fully saturated rings. The van der Waals surface area contributed by atoms with Crippen LogP contribution in [-0.2, 0) is 6.54 Å². The molecule has 0 atom stereocenters. The second-order valence-corrected chi connectivity index (χ2v) is 7.65. The quantitative estimate of drug-likeness (QED) is 0.374. The average molecular weight is 457 g/mol. The standard InChI is InChI=1S/C24H23N7O3/c1-5-31-12-17-21(30-31)22(26-13(2)14-8-6-7-9-25-14)20(24(32)29-17)23-27-15-10-18(33-3)19(34-4)11-16(15)28-23/h6-12H,5H2,1-4H3,(H,27,28)(H,29,32). The first-order valence-corrected chi connectivity index (χ1v) is 10.7. The maximum absolute atomic E-state index is 13.3. The Morgan fingerprint density at radius 1 is 1.12 bits per heavy atom. The van der Waals surface area contributed by atoms with Gasteiger partial charge in [-0.05, 0) is 26.0 Å². The van der Waals surface area contributed by atoms with Crippen LogP contribution in [0, 0.1) is 0 Å². The van der Waals surface area contributed by atoms with Gasteiger partial charge in [-0.15, -0.1) is 0 Å². The molecule has 0 amide bonds.